The summed E-state index contributed by atoms with van der Waals surface area (Å²) in [7, 11) is 0. The molecule has 0 aliphatic rings. The zero-order chi connectivity index (χ0) is 14.7. The third-order valence-corrected chi connectivity index (χ3v) is 4.22. The Kier molecular flexibility index (Phi) is 4.45. The van der Waals surface area contributed by atoms with E-state index < -0.39 is 0 Å². The molecule has 0 saturated heterocycles. The number of amides is 1. The van der Waals surface area contributed by atoms with Crippen molar-refractivity contribution in [3.63, 3.8) is 0 Å². The van der Waals surface area contributed by atoms with Gasteiger partial charge < -0.3 is 10.6 Å². The van der Waals surface area contributed by atoms with Crippen LogP contribution < -0.4 is 5.73 Å². The van der Waals surface area contributed by atoms with Crippen molar-refractivity contribution in [2.24, 2.45) is 0 Å². The third kappa shape index (κ3) is 3.20. The minimum atomic E-state index is 0.0707. The normalized spacial score (nSPS) is 10.8. The number of nitrogen functional groups attached to an aromatic ring is 1. The second-order valence-corrected chi connectivity index (χ2v) is 6.42. The standard InChI is InChI=1S/C16H20N2OS/c1-11(2)18(10-13-6-4-5-7-14(13)17)16(19)15-9-8-12(3)20-15/h4-9,11H,10,17H2,1-3H3. The van der Waals surface area contributed by atoms with Crippen LogP contribution in [0.4, 0.5) is 5.69 Å². The summed E-state index contributed by atoms with van der Waals surface area (Å²) in [5.74, 6) is 0.0707. The zero-order valence-corrected chi connectivity index (χ0v) is 12.9. The summed E-state index contributed by atoms with van der Waals surface area (Å²) < 4.78 is 0. The summed E-state index contributed by atoms with van der Waals surface area (Å²) in [5.41, 5.74) is 7.70. The number of hydrogen-bond acceptors (Lipinski definition) is 3. The highest BCUT2D eigenvalue weighted by molar-refractivity contribution is 7.13. The van der Waals surface area contributed by atoms with E-state index in [0.29, 0.717) is 6.54 Å². The zero-order valence-electron chi connectivity index (χ0n) is 12.1. The predicted octanol–water partition coefficient (Wildman–Crippen LogP) is 3.69. The first-order valence-corrected chi connectivity index (χ1v) is 7.51. The van der Waals surface area contributed by atoms with Crippen molar-refractivity contribution < 1.29 is 4.79 Å². The molecular formula is C16H20N2OS. The van der Waals surface area contributed by atoms with Gasteiger partial charge in [0.15, 0.2) is 0 Å². The van der Waals surface area contributed by atoms with Crippen molar-refractivity contribution in [3.05, 3.63) is 51.7 Å². The maximum absolute atomic E-state index is 12.6. The summed E-state index contributed by atoms with van der Waals surface area (Å²) in [4.78, 5) is 16.4. The first-order valence-electron chi connectivity index (χ1n) is 6.70. The Balaban J connectivity index is 2.24. The van der Waals surface area contributed by atoms with Crippen molar-refractivity contribution in [1.82, 2.24) is 4.90 Å². The van der Waals surface area contributed by atoms with Gasteiger partial charge in [-0.05, 0) is 44.5 Å². The van der Waals surface area contributed by atoms with Gasteiger partial charge in [0.2, 0.25) is 0 Å². The SMILES string of the molecule is Cc1ccc(C(=O)N(Cc2ccccc2N)C(C)C)s1. The van der Waals surface area contributed by atoms with Gasteiger partial charge in [-0.15, -0.1) is 11.3 Å². The molecule has 2 N–H and O–H groups in total. The summed E-state index contributed by atoms with van der Waals surface area (Å²) in [5, 5.41) is 0. The number of benzene rings is 1. The molecule has 0 aliphatic carbocycles. The molecule has 4 heteroatoms. The molecule has 3 nitrogen and oxygen atoms in total. The van der Waals surface area contributed by atoms with Gasteiger partial charge in [-0.1, -0.05) is 18.2 Å². The highest BCUT2D eigenvalue weighted by atomic mass is 32.1. The van der Waals surface area contributed by atoms with Crippen molar-refractivity contribution in [3.8, 4) is 0 Å². The van der Waals surface area contributed by atoms with E-state index in [1.165, 1.54) is 11.3 Å². The first-order chi connectivity index (χ1) is 9.49. The van der Waals surface area contributed by atoms with Crippen LogP contribution in [0.3, 0.4) is 0 Å². The number of carbonyl (C=O) groups is 1. The van der Waals surface area contributed by atoms with Crippen LogP contribution in [0.2, 0.25) is 0 Å². The van der Waals surface area contributed by atoms with Crippen LogP contribution in [-0.2, 0) is 6.54 Å². The molecule has 1 heterocycles. The molecule has 0 radical (unpaired) electrons. The molecule has 0 unspecified atom stereocenters. The van der Waals surface area contributed by atoms with Gasteiger partial charge in [0.25, 0.3) is 5.91 Å². The molecule has 2 aromatic rings. The van der Waals surface area contributed by atoms with E-state index in [1.54, 1.807) is 0 Å². The maximum atomic E-state index is 12.6. The van der Waals surface area contributed by atoms with Gasteiger partial charge >= 0.3 is 0 Å². The van der Waals surface area contributed by atoms with Gasteiger partial charge in [0.05, 0.1) is 4.88 Å². The highest BCUT2D eigenvalue weighted by Crippen LogP contribution is 2.21. The molecule has 1 aromatic heterocycles. The Morgan fingerprint density at radius 3 is 2.50 bits per heavy atom. The lowest BCUT2D eigenvalue weighted by molar-refractivity contribution is 0.0696. The highest BCUT2D eigenvalue weighted by Gasteiger charge is 2.20. The number of rotatable bonds is 4. The Morgan fingerprint density at radius 2 is 1.95 bits per heavy atom. The summed E-state index contributed by atoms with van der Waals surface area (Å²) in [6, 6.07) is 11.7. The Morgan fingerprint density at radius 1 is 1.25 bits per heavy atom. The lowest BCUT2D eigenvalue weighted by Gasteiger charge is -2.27. The molecule has 2 rings (SSSR count). The van der Waals surface area contributed by atoms with Crippen LogP contribution in [0.15, 0.2) is 36.4 Å². The molecule has 1 amide bonds. The van der Waals surface area contributed by atoms with Crippen LogP contribution in [0.25, 0.3) is 0 Å². The van der Waals surface area contributed by atoms with Gasteiger partial charge in [0, 0.05) is 23.2 Å². The number of hydrogen-bond donors (Lipinski definition) is 1. The number of thiophene rings is 1. The van der Waals surface area contributed by atoms with E-state index >= 15 is 0 Å². The smallest absolute Gasteiger partial charge is 0.264 e. The van der Waals surface area contributed by atoms with E-state index in [0.717, 1.165) is 21.0 Å². The monoisotopic (exact) mass is 288 g/mol. The lowest BCUT2D eigenvalue weighted by Crippen LogP contribution is -2.36. The predicted molar refractivity (Wildman–Crippen MR) is 84.9 cm³/mol. The fourth-order valence-electron chi connectivity index (χ4n) is 2.04. The fourth-order valence-corrected chi connectivity index (χ4v) is 2.87. The van der Waals surface area contributed by atoms with Crippen molar-refractivity contribution in [2.75, 3.05) is 5.73 Å². The Labute approximate surface area is 124 Å². The molecule has 1 aromatic carbocycles. The van der Waals surface area contributed by atoms with E-state index in [1.807, 2.05) is 62.1 Å². The first kappa shape index (κ1) is 14.6. The molecule has 20 heavy (non-hydrogen) atoms. The largest absolute Gasteiger partial charge is 0.398 e. The van der Waals surface area contributed by atoms with Crippen LogP contribution >= 0.6 is 11.3 Å². The molecule has 0 bridgehead atoms. The van der Waals surface area contributed by atoms with E-state index in [-0.39, 0.29) is 11.9 Å². The van der Waals surface area contributed by atoms with Crippen LogP contribution in [-0.4, -0.2) is 16.8 Å². The number of para-hydroxylation sites is 1. The number of aryl methyl sites for hydroxylation is 1. The third-order valence-electron chi connectivity index (χ3n) is 3.23. The molecule has 0 aliphatic heterocycles. The summed E-state index contributed by atoms with van der Waals surface area (Å²) in [6.45, 7) is 6.60. The molecule has 0 fully saturated rings. The average Bonchev–Trinajstić information content (AvgIpc) is 2.83. The quantitative estimate of drug-likeness (QED) is 0.872. The number of nitrogens with zero attached hydrogens (tertiary/aromatic N) is 1. The topological polar surface area (TPSA) is 46.3 Å². The van der Waals surface area contributed by atoms with Crippen LogP contribution in [0.5, 0.6) is 0 Å². The Bertz CT molecular complexity index is 604. The average molecular weight is 288 g/mol. The number of carbonyl (C=O) groups excluding carboxylic acids is 1. The minimum absolute atomic E-state index is 0.0707. The van der Waals surface area contributed by atoms with E-state index in [2.05, 4.69) is 0 Å². The molecule has 0 spiro atoms. The molecule has 0 saturated carbocycles. The summed E-state index contributed by atoms with van der Waals surface area (Å²) >= 11 is 1.53. The molecule has 106 valence electrons. The van der Waals surface area contributed by atoms with Crippen molar-refractivity contribution in [1.29, 1.82) is 0 Å². The van der Waals surface area contributed by atoms with E-state index in [9.17, 15) is 4.79 Å². The number of nitrogens with two attached hydrogens (primary N) is 1. The lowest BCUT2D eigenvalue weighted by atomic mass is 10.1. The van der Waals surface area contributed by atoms with Crippen molar-refractivity contribution in [2.45, 2.75) is 33.4 Å². The second-order valence-electron chi connectivity index (χ2n) is 5.14. The van der Waals surface area contributed by atoms with Gasteiger partial charge in [-0.2, -0.15) is 0 Å². The van der Waals surface area contributed by atoms with Crippen LogP contribution in [0.1, 0.15) is 34.0 Å². The fraction of sp³-hybridized carbons (Fsp3) is 0.312. The van der Waals surface area contributed by atoms with Crippen molar-refractivity contribution >= 4 is 22.9 Å². The van der Waals surface area contributed by atoms with Gasteiger partial charge in [0.1, 0.15) is 0 Å². The number of anilines is 1. The summed E-state index contributed by atoms with van der Waals surface area (Å²) in [6.07, 6.45) is 0. The maximum Gasteiger partial charge on any atom is 0.264 e. The van der Waals surface area contributed by atoms with Gasteiger partial charge in [-0.25, -0.2) is 0 Å². The minimum Gasteiger partial charge on any atom is -0.398 e. The van der Waals surface area contributed by atoms with Crippen LogP contribution in [0, 0.1) is 6.92 Å². The molecule has 0 atom stereocenters. The molecular weight excluding hydrogens is 268 g/mol. The van der Waals surface area contributed by atoms with E-state index in [4.69, 9.17) is 5.73 Å². The van der Waals surface area contributed by atoms with Gasteiger partial charge in [-0.3, -0.25) is 4.79 Å². The second kappa shape index (κ2) is 6.09. The Hall–Kier alpha value is -1.81.